The topological polar surface area (TPSA) is 61.3 Å². The molecule has 1 aromatic carbocycles. The van der Waals surface area contributed by atoms with Crippen LogP contribution in [0.3, 0.4) is 0 Å². The average molecular weight is 503 g/mol. The van der Waals surface area contributed by atoms with Gasteiger partial charge in [-0.05, 0) is 74.6 Å². The van der Waals surface area contributed by atoms with Gasteiger partial charge in [-0.2, -0.15) is 0 Å². The van der Waals surface area contributed by atoms with Crippen LogP contribution in [-0.4, -0.2) is 34.8 Å². The second-order valence-corrected chi connectivity index (χ2v) is 9.87. The van der Waals surface area contributed by atoms with Gasteiger partial charge in [-0.1, -0.05) is 46.0 Å². The van der Waals surface area contributed by atoms with Crippen LogP contribution in [0.1, 0.15) is 90.0 Å². The van der Waals surface area contributed by atoms with Crippen molar-refractivity contribution < 1.29 is 23.0 Å². The van der Waals surface area contributed by atoms with Crippen LogP contribution in [0.25, 0.3) is 11.4 Å². The van der Waals surface area contributed by atoms with Gasteiger partial charge in [0.15, 0.2) is 23.6 Å². The third-order valence-corrected chi connectivity index (χ3v) is 6.83. The Morgan fingerprint density at radius 1 is 1.03 bits per heavy atom. The molecule has 0 bridgehead atoms. The molecule has 5 nitrogen and oxygen atoms in total. The summed E-state index contributed by atoms with van der Waals surface area (Å²) in [6.45, 7) is 4.55. The molecule has 0 spiro atoms. The Balaban J connectivity index is 1.42. The van der Waals surface area contributed by atoms with Crippen molar-refractivity contribution in [2.75, 3.05) is 6.61 Å². The molecular formula is C29H40F2N2O3. The quantitative estimate of drug-likeness (QED) is 0.199. The van der Waals surface area contributed by atoms with E-state index >= 15 is 0 Å². The number of benzene rings is 1. The molecule has 3 rings (SSSR count). The minimum atomic E-state index is -1.53. The fourth-order valence-corrected chi connectivity index (χ4v) is 4.51. The summed E-state index contributed by atoms with van der Waals surface area (Å²) in [5.74, 6) is -0.236. The van der Waals surface area contributed by atoms with Gasteiger partial charge in [0.1, 0.15) is 6.10 Å². The van der Waals surface area contributed by atoms with Crippen molar-refractivity contribution in [3.63, 3.8) is 0 Å². The molecule has 0 radical (unpaired) electrons. The number of esters is 1. The van der Waals surface area contributed by atoms with Crippen molar-refractivity contribution in [1.82, 2.24) is 9.97 Å². The lowest BCUT2D eigenvalue weighted by Crippen LogP contribution is -2.30. The summed E-state index contributed by atoms with van der Waals surface area (Å²) >= 11 is 0. The van der Waals surface area contributed by atoms with E-state index in [1.54, 1.807) is 12.1 Å². The van der Waals surface area contributed by atoms with Gasteiger partial charge in [0.25, 0.3) is 0 Å². The SMILES string of the molecule is CCCCCCc1cnc(-c2ccc(OCC3CCC(OC(=O)[C@@H](F)CCCC)CC3)c(F)c2)nc1. The highest BCUT2D eigenvalue weighted by molar-refractivity contribution is 5.74. The number of carbonyl (C=O) groups excluding carboxylic acids is 1. The van der Waals surface area contributed by atoms with Crippen LogP contribution in [0, 0.1) is 11.7 Å². The summed E-state index contributed by atoms with van der Waals surface area (Å²) in [4.78, 5) is 20.7. The molecule has 1 aromatic heterocycles. The molecule has 1 atom stereocenters. The van der Waals surface area contributed by atoms with Gasteiger partial charge in [-0.3, -0.25) is 0 Å². The standard InChI is InChI=1S/C29H40F2N2O3/c1-3-5-7-8-9-22-18-32-28(33-19-22)23-13-16-27(26(31)17-23)35-20-21-11-14-24(15-12-21)36-29(34)25(30)10-6-4-2/h13,16-19,21,24-25H,3-12,14-15,20H2,1-2H3/t21?,24?,25-/m0/s1. The van der Waals surface area contributed by atoms with E-state index in [9.17, 15) is 13.6 Å². The van der Waals surface area contributed by atoms with Gasteiger partial charge in [-0.25, -0.2) is 23.5 Å². The normalized spacial score (nSPS) is 18.6. The van der Waals surface area contributed by atoms with Gasteiger partial charge in [-0.15, -0.1) is 0 Å². The first kappa shape index (κ1) is 28.0. The zero-order valence-electron chi connectivity index (χ0n) is 21.7. The lowest BCUT2D eigenvalue weighted by Gasteiger charge is -2.28. The Morgan fingerprint density at radius 2 is 1.75 bits per heavy atom. The Kier molecular flexibility index (Phi) is 11.6. The minimum Gasteiger partial charge on any atom is -0.490 e. The van der Waals surface area contributed by atoms with Gasteiger partial charge in [0.2, 0.25) is 0 Å². The summed E-state index contributed by atoms with van der Waals surface area (Å²) in [6, 6.07) is 4.81. The second kappa shape index (κ2) is 14.9. The van der Waals surface area contributed by atoms with Crippen molar-refractivity contribution in [3.05, 3.63) is 42.0 Å². The molecule has 1 aliphatic carbocycles. The number of ether oxygens (including phenoxy) is 2. The number of hydrogen-bond donors (Lipinski definition) is 0. The van der Waals surface area contributed by atoms with Crippen LogP contribution in [0.15, 0.2) is 30.6 Å². The van der Waals surface area contributed by atoms with E-state index in [1.807, 2.05) is 19.3 Å². The number of nitrogens with zero attached hydrogens (tertiary/aromatic N) is 2. The molecular weight excluding hydrogens is 462 g/mol. The molecule has 1 heterocycles. The highest BCUT2D eigenvalue weighted by Crippen LogP contribution is 2.29. The molecule has 0 amide bonds. The first-order valence-corrected chi connectivity index (χ1v) is 13.6. The second-order valence-electron chi connectivity index (χ2n) is 9.87. The largest absolute Gasteiger partial charge is 0.490 e. The molecule has 2 aromatic rings. The Labute approximate surface area is 214 Å². The smallest absolute Gasteiger partial charge is 0.340 e. The van der Waals surface area contributed by atoms with Gasteiger partial charge >= 0.3 is 5.97 Å². The van der Waals surface area contributed by atoms with E-state index in [4.69, 9.17) is 9.47 Å². The fraction of sp³-hybridized carbons (Fsp3) is 0.621. The van der Waals surface area contributed by atoms with E-state index in [0.717, 1.165) is 37.7 Å². The Morgan fingerprint density at radius 3 is 2.42 bits per heavy atom. The first-order chi connectivity index (χ1) is 17.5. The molecule has 198 valence electrons. The average Bonchev–Trinajstić information content (AvgIpc) is 2.90. The van der Waals surface area contributed by atoms with Crippen LogP contribution in [0.5, 0.6) is 5.75 Å². The maximum absolute atomic E-state index is 14.7. The zero-order chi connectivity index (χ0) is 25.8. The monoisotopic (exact) mass is 502 g/mol. The van der Waals surface area contributed by atoms with Crippen molar-refractivity contribution >= 4 is 5.97 Å². The third kappa shape index (κ3) is 8.82. The molecule has 0 unspecified atom stereocenters. The predicted octanol–water partition coefficient (Wildman–Crippen LogP) is 7.41. The molecule has 7 heteroatoms. The van der Waals surface area contributed by atoms with Crippen LogP contribution >= 0.6 is 0 Å². The lowest BCUT2D eigenvalue weighted by atomic mass is 9.88. The number of rotatable bonds is 14. The number of unbranched alkanes of at least 4 members (excludes halogenated alkanes) is 4. The Hall–Kier alpha value is -2.57. The molecule has 1 fully saturated rings. The molecule has 1 aliphatic rings. The van der Waals surface area contributed by atoms with E-state index in [-0.39, 0.29) is 24.2 Å². The number of halogens is 2. The summed E-state index contributed by atoms with van der Waals surface area (Å²) in [6.07, 6.45) is 12.3. The van der Waals surface area contributed by atoms with Gasteiger partial charge < -0.3 is 9.47 Å². The van der Waals surface area contributed by atoms with E-state index in [2.05, 4.69) is 16.9 Å². The summed E-state index contributed by atoms with van der Waals surface area (Å²) < 4.78 is 39.7. The zero-order valence-corrected chi connectivity index (χ0v) is 21.7. The number of alkyl halides is 1. The summed E-state index contributed by atoms with van der Waals surface area (Å²) in [5.41, 5.74) is 1.71. The van der Waals surface area contributed by atoms with E-state index < -0.39 is 18.0 Å². The van der Waals surface area contributed by atoms with Gasteiger partial charge in [0.05, 0.1) is 6.61 Å². The number of carbonyl (C=O) groups is 1. The number of aromatic nitrogens is 2. The minimum absolute atomic E-state index is 0.205. The van der Waals surface area contributed by atoms with E-state index in [1.165, 1.54) is 25.3 Å². The van der Waals surface area contributed by atoms with Crippen LogP contribution in [0.2, 0.25) is 0 Å². The highest BCUT2D eigenvalue weighted by Gasteiger charge is 2.27. The summed E-state index contributed by atoms with van der Waals surface area (Å²) in [7, 11) is 0. The maximum Gasteiger partial charge on any atom is 0.340 e. The van der Waals surface area contributed by atoms with Crippen LogP contribution in [-0.2, 0) is 16.0 Å². The highest BCUT2D eigenvalue weighted by atomic mass is 19.1. The van der Waals surface area contributed by atoms with Gasteiger partial charge in [0, 0.05) is 18.0 Å². The van der Waals surface area contributed by atoms with Crippen molar-refractivity contribution in [2.45, 2.75) is 103 Å². The lowest BCUT2D eigenvalue weighted by molar-refractivity contribution is -0.157. The number of aryl methyl sites for hydroxylation is 1. The molecule has 0 saturated heterocycles. The molecule has 1 saturated carbocycles. The molecule has 0 aliphatic heterocycles. The maximum atomic E-state index is 14.7. The van der Waals surface area contributed by atoms with Crippen molar-refractivity contribution in [1.29, 1.82) is 0 Å². The third-order valence-electron chi connectivity index (χ3n) is 6.83. The van der Waals surface area contributed by atoms with Crippen LogP contribution < -0.4 is 4.74 Å². The Bertz CT molecular complexity index is 931. The molecule has 0 N–H and O–H groups in total. The van der Waals surface area contributed by atoms with Crippen molar-refractivity contribution in [2.24, 2.45) is 5.92 Å². The predicted molar refractivity (Wildman–Crippen MR) is 137 cm³/mol. The van der Waals surface area contributed by atoms with E-state index in [0.29, 0.717) is 37.3 Å². The fourth-order valence-electron chi connectivity index (χ4n) is 4.51. The van der Waals surface area contributed by atoms with Crippen molar-refractivity contribution in [3.8, 4) is 17.1 Å². The number of hydrogen-bond acceptors (Lipinski definition) is 5. The first-order valence-electron chi connectivity index (χ1n) is 13.6. The summed E-state index contributed by atoms with van der Waals surface area (Å²) in [5, 5.41) is 0. The molecule has 36 heavy (non-hydrogen) atoms. The van der Waals surface area contributed by atoms with Crippen LogP contribution in [0.4, 0.5) is 8.78 Å².